The van der Waals surface area contributed by atoms with Gasteiger partial charge >= 0.3 is 0 Å². The molecule has 2 rings (SSSR count). The molecule has 0 spiro atoms. The van der Waals surface area contributed by atoms with Gasteiger partial charge in [-0.05, 0) is 35.9 Å². The van der Waals surface area contributed by atoms with E-state index >= 15 is 0 Å². The van der Waals surface area contributed by atoms with Gasteiger partial charge < -0.3 is 5.32 Å². The Balaban J connectivity index is 2.13. The number of hydrogen-bond acceptors (Lipinski definition) is 1. The van der Waals surface area contributed by atoms with Crippen LogP contribution in [0.4, 0.5) is 14.5 Å². The van der Waals surface area contributed by atoms with Crippen LogP contribution in [0.5, 0.6) is 0 Å². The highest BCUT2D eigenvalue weighted by atomic mass is 79.9. The molecule has 0 aliphatic heterocycles. The normalized spacial score (nSPS) is 10.4. The zero-order chi connectivity index (χ0) is 13.1. The fourth-order valence-electron chi connectivity index (χ4n) is 1.53. The lowest BCUT2D eigenvalue weighted by Gasteiger charge is -2.09. The lowest BCUT2D eigenvalue weighted by atomic mass is 10.2. The summed E-state index contributed by atoms with van der Waals surface area (Å²) >= 11 is 9.27. The van der Waals surface area contributed by atoms with Crippen molar-refractivity contribution in [3.05, 3.63) is 63.1 Å². The maximum Gasteiger partial charge on any atom is 0.128 e. The van der Waals surface area contributed by atoms with Crippen molar-refractivity contribution in [2.75, 3.05) is 5.32 Å². The molecule has 5 heteroatoms. The Morgan fingerprint density at radius 2 is 1.72 bits per heavy atom. The first-order chi connectivity index (χ1) is 8.54. The highest BCUT2D eigenvalue weighted by molar-refractivity contribution is 9.10. The molecule has 0 saturated heterocycles. The second-order valence-corrected chi connectivity index (χ2v) is 5.04. The van der Waals surface area contributed by atoms with Crippen LogP contribution in [0.15, 0.2) is 40.9 Å². The molecular formula is C13H9BrClF2N. The molecule has 2 aromatic rings. The van der Waals surface area contributed by atoms with Crippen molar-refractivity contribution in [1.29, 1.82) is 0 Å². The van der Waals surface area contributed by atoms with Crippen LogP contribution in [0.2, 0.25) is 5.02 Å². The molecule has 0 aliphatic carbocycles. The van der Waals surface area contributed by atoms with E-state index in [1.54, 1.807) is 12.1 Å². The van der Waals surface area contributed by atoms with Gasteiger partial charge in [-0.3, -0.25) is 0 Å². The number of nitrogens with one attached hydrogen (secondary N) is 1. The molecule has 0 aromatic heterocycles. The van der Waals surface area contributed by atoms with Crippen molar-refractivity contribution >= 4 is 33.2 Å². The number of rotatable bonds is 3. The Kier molecular flexibility index (Phi) is 4.19. The van der Waals surface area contributed by atoms with Gasteiger partial charge in [-0.2, -0.15) is 0 Å². The third-order valence-electron chi connectivity index (χ3n) is 2.35. The van der Waals surface area contributed by atoms with Gasteiger partial charge in [0.05, 0.1) is 0 Å². The first-order valence-corrected chi connectivity index (χ1v) is 6.35. The Morgan fingerprint density at radius 3 is 2.39 bits per heavy atom. The van der Waals surface area contributed by atoms with Crippen molar-refractivity contribution in [2.45, 2.75) is 6.54 Å². The van der Waals surface area contributed by atoms with Crippen LogP contribution < -0.4 is 5.32 Å². The second-order valence-electron chi connectivity index (χ2n) is 3.75. The van der Waals surface area contributed by atoms with Crippen molar-refractivity contribution in [2.24, 2.45) is 0 Å². The zero-order valence-corrected chi connectivity index (χ0v) is 11.5. The van der Waals surface area contributed by atoms with Gasteiger partial charge in [0, 0.05) is 27.8 Å². The number of hydrogen-bond donors (Lipinski definition) is 1. The highest BCUT2D eigenvalue weighted by Gasteiger charge is 2.03. The fourth-order valence-corrected chi connectivity index (χ4v) is 2.11. The van der Waals surface area contributed by atoms with Crippen molar-refractivity contribution < 1.29 is 8.78 Å². The van der Waals surface area contributed by atoms with Crippen molar-refractivity contribution in [3.63, 3.8) is 0 Å². The molecule has 0 atom stereocenters. The molecule has 2 aromatic carbocycles. The lowest BCUT2D eigenvalue weighted by Crippen LogP contribution is -2.01. The lowest BCUT2D eigenvalue weighted by molar-refractivity contribution is 0.584. The predicted molar refractivity (Wildman–Crippen MR) is 72.8 cm³/mol. The van der Waals surface area contributed by atoms with E-state index in [1.807, 2.05) is 6.07 Å². The summed E-state index contributed by atoms with van der Waals surface area (Å²) in [6.07, 6.45) is 0. The van der Waals surface area contributed by atoms with Gasteiger partial charge in [-0.15, -0.1) is 0 Å². The molecule has 94 valence electrons. The minimum atomic E-state index is -0.609. The smallest absolute Gasteiger partial charge is 0.128 e. The maximum atomic E-state index is 13.0. The van der Waals surface area contributed by atoms with E-state index in [2.05, 4.69) is 21.2 Å². The first kappa shape index (κ1) is 13.3. The molecule has 0 saturated carbocycles. The summed E-state index contributed by atoms with van der Waals surface area (Å²) in [5.41, 5.74) is 1.30. The monoisotopic (exact) mass is 331 g/mol. The molecule has 0 bridgehead atoms. The zero-order valence-electron chi connectivity index (χ0n) is 9.18. The Bertz CT molecular complexity index is 555. The SMILES string of the molecule is Fc1cc(F)cc(NCc2cc(Cl)ccc2Br)c1. The van der Waals surface area contributed by atoms with Crippen LogP contribution in [0.1, 0.15) is 5.56 Å². The van der Waals surface area contributed by atoms with Crippen LogP contribution in [-0.4, -0.2) is 0 Å². The minimum Gasteiger partial charge on any atom is -0.381 e. The first-order valence-electron chi connectivity index (χ1n) is 5.18. The average Bonchev–Trinajstić information content (AvgIpc) is 2.29. The molecule has 0 fully saturated rings. The molecule has 1 nitrogen and oxygen atoms in total. The molecule has 1 N–H and O–H groups in total. The Morgan fingerprint density at radius 1 is 1.06 bits per heavy atom. The van der Waals surface area contributed by atoms with E-state index < -0.39 is 11.6 Å². The molecule has 0 radical (unpaired) electrons. The van der Waals surface area contributed by atoms with E-state index in [9.17, 15) is 8.78 Å². The molecular weight excluding hydrogens is 324 g/mol. The molecule has 0 unspecified atom stereocenters. The summed E-state index contributed by atoms with van der Waals surface area (Å²) in [6.45, 7) is 0.421. The fraction of sp³-hybridized carbons (Fsp3) is 0.0769. The van der Waals surface area contributed by atoms with E-state index in [0.29, 0.717) is 17.3 Å². The van der Waals surface area contributed by atoms with Gasteiger partial charge in [0.1, 0.15) is 11.6 Å². The van der Waals surface area contributed by atoms with Crippen LogP contribution in [0.25, 0.3) is 0 Å². The van der Waals surface area contributed by atoms with Gasteiger partial charge in [0.25, 0.3) is 0 Å². The summed E-state index contributed by atoms with van der Waals surface area (Å²) in [4.78, 5) is 0. The third kappa shape index (κ3) is 3.43. The molecule has 0 aliphatic rings. The van der Waals surface area contributed by atoms with Gasteiger partial charge in [-0.25, -0.2) is 8.78 Å². The predicted octanol–water partition coefficient (Wildman–Crippen LogP) is 4.99. The number of anilines is 1. The quantitative estimate of drug-likeness (QED) is 0.834. The van der Waals surface area contributed by atoms with Crippen LogP contribution in [0.3, 0.4) is 0 Å². The molecule has 18 heavy (non-hydrogen) atoms. The highest BCUT2D eigenvalue weighted by Crippen LogP contribution is 2.22. The van der Waals surface area contributed by atoms with E-state index in [-0.39, 0.29) is 0 Å². The number of benzene rings is 2. The molecule has 0 heterocycles. The van der Waals surface area contributed by atoms with Crippen molar-refractivity contribution in [3.8, 4) is 0 Å². The van der Waals surface area contributed by atoms with Gasteiger partial charge in [0.15, 0.2) is 0 Å². The summed E-state index contributed by atoms with van der Waals surface area (Å²) in [5.74, 6) is -1.22. The number of halogens is 4. The second kappa shape index (κ2) is 5.67. The third-order valence-corrected chi connectivity index (χ3v) is 3.36. The summed E-state index contributed by atoms with van der Waals surface area (Å²) in [6, 6.07) is 8.68. The Labute approximate surface area is 117 Å². The van der Waals surface area contributed by atoms with Crippen LogP contribution >= 0.6 is 27.5 Å². The van der Waals surface area contributed by atoms with E-state index in [4.69, 9.17) is 11.6 Å². The van der Waals surface area contributed by atoms with Crippen LogP contribution in [0, 0.1) is 11.6 Å². The summed E-state index contributed by atoms with van der Waals surface area (Å²) < 4.78 is 26.9. The van der Waals surface area contributed by atoms with E-state index in [0.717, 1.165) is 16.1 Å². The van der Waals surface area contributed by atoms with Crippen molar-refractivity contribution in [1.82, 2.24) is 0 Å². The topological polar surface area (TPSA) is 12.0 Å². The largest absolute Gasteiger partial charge is 0.381 e. The standard InChI is InChI=1S/C13H9BrClF2N/c14-13-2-1-9(15)3-8(13)7-18-12-5-10(16)4-11(17)6-12/h1-6,18H,7H2. The summed E-state index contributed by atoms with van der Waals surface area (Å²) in [7, 11) is 0. The average molecular weight is 333 g/mol. The van der Waals surface area contributed by atoms with E-state index in [1.165, 1.54) is 12.1 Å². The summed E-state index contributed by atoms with van der Waals surface area (Å²) in [5, 5.41) is 3.55. The van der Waals surface area contributed by atoms with Gasteiger partial charge in [-0.1, -0.05) is 27.5 Å². The minimum absolute atomic E-state index is 0.388. The Hall–Kier alpha value is -1.13. The van der Waals surface area contributed by atoms with Gasteiger partial charge in [0.2, 0.25) is 0 Å². The maximum absolute atomic E-state index is 13.0. The van der Waals surface area contributed by atoms with Crippen LogP contribution in [-0.2, 0) is 6.54 Å². The molecule has 0 amide bonds.